The number of nitrogens with one attached hydrogen (secondary N) is 2. The molecule has 0 aliphatic carbocycles. The van der Waals surface area contributed by atoms with Crippen molar-refractivity contribution in [2.45, 2.75) is 39.3 Å². The maximum atomic E-state index is 12.3. The number of nitrogens with zero attached hydrogens (tertiary/aromatic N) is 3. The molecule has 1 amide bonds. The highest BCUT2D eigenvalue weighted by Gasteiger charge is 2.18. The van der Waals surface area contributed by atoms with Crippen molar-refractivity contribution in [1.82, 2.24) is 25.6 Å². The van der Waals surface area contributed by atoms with Crippen LogP contribution in [-0.4, -0.2) is 34.0 Å². The Morgan fingerprint density at radius 3 is 2.87 bits per heavy atom. The van der Waals surface area contributed by atoms with E-state index < -0.39 is 0 Å². The molecule has 2 N–H and O–H groups in total. The number of carbonyl (C=O) groups excluding carboxylic acids is 1. The van der Waals surface area contributed by atoms with Gasteiger partial charge in [0.2, 0.25) is 0 Å². The van der Waals surface area contributed by atoms with Crippen molar-refractivity contribution < 1.29 is 4.79 Å². The summed E-state index contributed by atoms with van der Waals surface area (Å²) in [6.07, 6.45) is 3.80. The third-order valence-electron chi connectivity index (χ3n) is 4.36. The first-order valence-corrected chi connectivity index (χ1v) is 8.10. The summed E-state index contributed by atoms with van der Waals surface area (Å²) in [5.74, 6) is -0.176. The van der Waals surface area contributed by atoms with Crippen LogP contribution < -0.4 is 10.6 Å². The van der Waals surface area contributed by atoms with Crippen LogP contribution in [0.1, 0.15) is 46.1 Å². The molecule has 2 aromatic rings. The van der Waals surface area contributed by atoms with Gasteiger partial charge in [-0.2, -0.15) is 0 Å². The fourth-order valence-electron chi connectivity index (χ4n) is 2.94. The highest BCUT2D eigenvalue weighted by atomic mass is 16.2. The smallest absolute Gasteiger partial charge is 0.273 e. The molecule has 122 valence electrons. The van der Waals surface area contributed by atoms with Gasteiger partial charge >= 0.3 is 0 Å². The van der Waals surface area contributed by atoms with Gasteiger partial charge in [0, 0.05) is 6.54 Å². The van der Waals surface area contributed by atoms with Gasteiger partial charge < -0.3 is 10.6 Å². The van der Waals surface area contributed by atoms with E-state index in [1.54, 1.807) is 6.20 Å². The molecule has 6 nitrogen and oxygen atoms in total. The maximum absolute atomic E-state index is 12.3. The first-order chi connectivity index (χ1) is 11.1. The molecule has 0 radical (unpaired) electrons. The van der Waals surface area contributed by atoms with Gasteiger partial charge in [0.25, 0.3) is 5.91 Å². The van der Waals surface area contributed by atoms with Gasteiger partial charge in [0.05, 0.1) is 12.2 Å². The average molecular weight is 313 g/mol. The van der Waals surface area contributed by atoms with E-state index >= 15 is 0 Å². The Morgan fingerprint density at radius 1 is 1.35 bits per heavy atom. The maximum Gasteiger partial charge on any atom is 0.273 e. The molecule has 0 saturated carbocycles. The number of piperidine rings is 1. The fourth-order valence-corrected chi connectivity index (χ4v) is 2.94. The van der Waals surface area contributed by atoms with Gasteiger partial charge in [-0.15, -0.1) is 5.10 Å². The molecule has 3 rings (SSSR count). The van der Waals surface area contributed by atoms with Gasteiger partial charge in [-0.1, -0.05) is 29.0 Å². The number of benzene rings is 1. The molecular formula is C17H23N5O. The van der Waals surface area contributed by atoms with Crippen LogP contribution in [0.15, 0.2) is 24.4 Å². The monoisotopic (exact) mass is 313 g/mol. The molecule has 23 heavy (non-hydrogen) atoms. The quantitative estimate of drug-likeness (QED) is 0.902. The van der Waals surface area contributed by atoms with Crippen molar-refractivity contribution >= 4 is 5.91 Å². The van der Waals surface area contributed by atoms with Crippen LogP contribution in [0.3, 0.4) is 0 Å². The SMILES string of the molecule is Cc1ccc(CNC(=O)c2cn(C3CCNCC3)nn2)c(C)c1. The molecule has 1 aromatic carbocycles. The topological polar surface area (TPSA) is 71.8 Å². The van der Waals surface area contributed by atoms with Gasteiger partial charge in [-0.25, -0.2) is 4.68 Å². The highest BCUT2D eigenvalue weighted by molar-refractivity contribution is 5.91. The van der Waals surface area contributed by atoms with E-state index in [-0.39, 0.29) is 5.91 Å². The Hall–Kier alpha value is -2.21. The minimum Gasteiger partial charge on any atom is -0.347 e. The van der Waals surface area contributed by atoms with Gasteiger partial charge in [0.15, 0.2) is 5.69 Å². The van der Waals surface area contributed by atoms with Crippen molar-refractivity contribution in [1.29, 1.82) is 0 Å². The van der Waals surface area contributed by atoms with Crippen molar-refractivity contribution in [2.24, 2.45) is 0 Å². The third-order valence-corrected chi connectivity index (χ3v) is 4.36. The molecule has 1 aliphatic rings. The van der Waals surface area contributed by atoms with Crippen LogP contribution >= 0.6 is 0 Å². The Labute approximate surface area is 136 Å². The highest BCUT2D eigenvalue weighted by Crippen LogP contribution is 2.17. The van der Waals surface area contributed by atoms with E-state index in [0.717, 1.165) is 31.5 Å². The van der Waals surface area contributed by atoms with Crippen LogP contribution in [0.4, 0.5) is 0 Å². The van der Waals surface area contributed by atoms with E-state index in [1.807, 2.05) is 4.68 Å². The minimum atomic E-state index is -0.176. The molecule has 1 saturated heterocycles. The summed E-state index contributed by atoms with van der Waals surface area (Å²) in [6.45, 7) is 6.60. The zero-order valence-electron chi connectivity index (χ0n) is 13.7. The zero-order valence-corrected chi connectivity index (χ0v) is 13.7. The lowest BCUT2D eigenvalue weighted by molar-refractivity contribution is 0.0946. The molecule has 0 spiro atoms. The number of carbonyl (C=O) groups is 1. The Balaban J connectivity index is 1.61. The summed E-state index contributed by atoms with van der Waals surface area (Å²) in [4.78, 5) is 12.3. The Morgan fingerprint density at radius 2 is 2.13 bits per heavy atom. The fraction of sp³-hybridized carbons (Fsp3) is 0.471. The number of aryl methyl sites for hydroxylation is 2. The summed E-state index contributed by atoms with van der Waals surface area (Å²) in [7, 11) is 0. The average Bonchev–Trinajstić information content (AvgIpc) is 3.05. The van der Waals surface area contributed by atoms with Gasteiger partial charge in [-0.05, 0) is 50.9 Å². The van der Waals surface area contributed by atoms with E-state index in [4.69, 9.17) is 0 Å². The Kier molecular flexibility index (Phi) is 4.71. The van der Waals surface area contributed by atoms with E-state index in [1.165, 1.54) is 11.1 Å². The third kappa shape index (κ3) is 3.76. The summed E-state index contributed by atoms with van der Waals surface area (Å²) >= 11 is 0. The number of hydrogen-bond acceptors (Lipinski definition) is 4. The van der Waals surface area contributed by atoms with E-state index in [2.05, 4.69) is 53.0 Å². The molecule has 0 unspecified atom stereocenters. The van der Waals surface area contributed by atoms with Crippen molar-refractivity contribution in [3.63, 3.8) is 0 Å². The molecule has 6 heteroatoms. The summed E-state index contributed by atoms with van der Waals surface area (Å²) in [5, 5.41) is 14.4. The molecule has 2 heterocycles. The molecule has 1 aliphatic heterocycles. The second-order valence-electron chi connectivity index (χ2n) is 6.18. The van der Waals surface area contributed by atoms with Crippen LogP contribution in [0, 0.1) is 13.8 Å². The molecular weight excluding hydrogens is 290 g/mol. The number of rotatable bonds is 4. The first kappa shape index (κ1) is 15.7. The first-order valence-electron chi connectivity index (χ1n) is 8.10. The lowest BCUT2D eigenvalue weighted by atomic mass is 10.1. The largest absolute Gasteiger partial charge is 0.347 e. The lowest BCUT2D eigenvalue weighted by Gasteiger charge is -2.22. The Bertz CT molecular complexity index is 688. The second kappa shape index (κ2) is 6.91. The zero-order chi connectivity index (χ0) is 16.2. The standard InChI is InChI=1S/C17H23N5O/c1-12-3-4-14(13(2)9-12)10-19-17(23)16-11-22(21-20-16)15-5-7-18-8-6-15/h3-4,9,11,15,18H,5-8,10H2,1-2H3,(H,19,23). The molecule has 0 bridgehead atoms. The lowest BCUT2D eigenvalue weighted by Crippen LogP contribution is -2.29. The van der Waals surface area contributed by atoms with Crippen LogP contribution in [-0.2, 0) is 6.54 Å². The predicted octanol–water partition coefficient (Wildman–Crippen LogP) is 1.75. The van der Waals surface area contributed by atoms with Crippen LogP contribution in [0.25, 0.3) is 0 Å². The number of amides is 1. The van der Waals surface area contributed by atoms with E-state index in [0.29, 0.717) is 18.3 Å². The van der Waals surface area contributed by atoms with E-state index in [9.17, 15) is 4.79 Å². The van der Waals surface area contributed by atoms with Crippen LogP contribution in [0.2, 0.25) is 0 Å². The minimum absolute atomic E-state index is 0.176. The second-order valence-corrected chi connectivity index (χ2v) is 6.18. The van der Waals surface area contributed by atoms with Crippen molar-refractivity contribution in [3.05, 3.63) is 46.8 Å². The van der Waals surface area contributed by atoms with Gasteiger partial charge in [-0.3, -0.25) is 4.79 Å². The predicted molar refractivity (Wildman–Crippen MR) is 88.2 cm³/mol. The van der Waals surface area contributed by atoms with Crippen molar-refractivity contribution in [2.75, 3.05) is 13.1 Å². The summed E-state index contributed by atoms with van der Waals surface area (Å²) in [6, 6.07) is 6.57. The van der Waals surface area contributed by atoms with Gasteiger partial charge in [0.1, 0.15) is 0 Å². The van der Waals surface area contributed by atoms with Crippen molar-refractivity contribution in [3.8, 4) is 0 Å². The molecule has 1 fully saturated rings. The number of aromatic nitrogens is 3. The number of hydrogen-bond donors (Lipinski definition) is 2. The molecule has 1 aromatic heterocycles. The summed E-state index contributed by atoms with van der Waals surface area (Å²) < 4.78 is 1.83. The summed E-state index contributed by atoms with van der Waals surface area (Å²) in [5.41, 5.74) is 3.91. The molecule has 0 atom stereocenters. The normalized spacial score (nSPS) is 15.6. The van der Waals surface area contributed by atoms with Crippen LogP contribution in [0.5, 0.6) is 0 Å².